The molecule has 0 bridgehead atoms. The van der Waals surface area contributed by atoms with E-state index in [0.29, 0.717) is 0 Å². The molecule has 0 aliphatic heterocycles. The van der Waals surface area contributed by atoms with Crippen LogP contribution < -0.4 is 9.47 Å². The molecule has 0 unspecified atom stereocenters. The normalized spacial score (nSPS) is 14.6. The van der Waals surface area contributed by atoms with Gasteiger partial charge >= 0.3 is 0 Å². The first-order valence-corrected chi connectivity index (χ1v) is 5.51. The lowest BCUT2D eigenvalue weighted by atomic mass is 9.88. The molecule has 2 rings (SSSR count). The Labute approximate surface area is 91.2 Å². The van der Waals surface area contributed by atoms with Crippen LogP contribution in [0.3, 0.4) is 0 Å². The van der Waals surface area contributed by atoms with Crippen molar-refractivity contribution >= 4 is 0 Å². The molecule has 1 aliphatic carbocycles. The van der Waals surface area contributed by atoms with Gasteiger partial charge in [-0.25, -0.2) is 0 Å². The predicted octanol–water partition coefficient (Wildman–Crippen LogP) is 2.89. The van der Waals surface area contributed by atoms with Crippen LogP contribution in [0.25, 0.3) is 0 Å². The Hall–Kier alpha value is -1.18. The van der Waals surface area contributed by atoms with Crippen molar-refractivity contribution in [1.29, 1.82) is 0 Å². The van der Waals surface area contributed by atoms with Crippen LogP contribution in [0.1, 0.15) is 29.5 Å². The van der Waals surface area contributed by atoms with Crippen LogP contribution in [0, 0.1) is 6.92 Å². The van der Waals surface area contributed by atoms with Gasteiger partial charge in [0.25, 0.3) is 0 Å². The minimum Gasteiger partial charge on any atom is -0.496 e. The molecule has 1 aliphatic rings. The van der Waals surface area contributed by atoms with Gasteiger partial charge in [-0.2, -0.15) is 0 Å². The van der Waals surface area contributed by atoms with Gasteiger partial charge in [0.1, 0.15) is 11.5 Å². The van der Waals surface area contributed by atoms with E-state index in [1.807, 2.05) is 0 Å². The van der Waals surface area contributed by atoms with Gasteiger partial charge in [-0.1, -0.05) is 0 Å². The average Bonchev–Trinajstić information content (AvgIpc) is 2.28. The number of hydrogen-bond acceptors (Lipinski definition) is 2. The Balaban J connectivity index is 2.60. The van der Waals surface area contributed by atoms with Crippen molar-refractivity contribution in [2.45, 2.75) is 32.6 Å². The maximum Gasteiger partial charge on any atom is 0.125 e. The highest BCUT2D eigenvalue weighted by Crippen LogP contribution is 2.38. The van der Waals surface area contributed by atoms with Crippen LogP contribution in [0.5, 0.6) is 11.5 Å². The van der Waals surface area contributed by atoms with E-state index in [0.717, 1.165) is 24.3 Å². The Morgan fingerprint density at radius 3 is 2.27 bits per heavy atom. The van der Waals surface area contributed by atoms with Crippen LogP contribution in [0.2, 0.25) is 0 Å². The number of benzene rings is 1. The molecule has 0 amide bonds. The SMILES string of the molecule is COc1cc(C)c(OC)c2c1CCCC2. The monoisotopic (exact) mass is 206 g/mol. The number of methoxy groups -OCH3 is 2. The average molecular weight is 206 g/mol. The summed E-state index contributed by atoms with van der Waals surface area (Å²) in [5.41, 5.74) is 3.89. The molecule has 0 saturated carbocycles. The summed E-state index contributed by atoms with van der Waals surface area (Å²) in [5, 5.41) is 0. The second kappa shape index (κ2) is 4.13. The van der Waals surface area contributed by atoms with Gasteiger partial charge in [0, 0.05) is 11.1 Å². The second-order valence-corrected chi connectivity index (χ2v) is 4.09. The van der Waals surface area contributed by atoms with E-state index in [-0.39, 0.29) is 0 Å². The minimum atomic E-state index is 1.03. The predicted molar refractivity (Wildman–Crippen MR) is 60.9 cm³/mol. The maximum absolute atomic E-state index is 5.49. The van der Waals surface area contributed by atoms with Crippen molar-refractivity contribution in [3.8, 4) is 11.5 Å². The molecule has 0 atom stereocenters. The fourth-order valence-electron chi connectivity index (χ4n) is 2.48. The Kier molecular flexibility index (Phi) is 2.85. The number of aryl methyl sites for hydroxylation is 1. The molecule has 15 heavy (non-hydrogen) atoms. The molecular formula is C13H18O2. The highest BCUT2D eigenvalue weighted by atomic mass is 16.5. The van der Waals surface area contributed by atoms with Gasteiger partial charge in [-0.15, -0.1) is 0 Å². The Morgan fingerprint density at radius 1 is 1.00 bits per heavy atom. The fourth-order valence-corrected chi connectivity index (χ4v) is 2.48. The van der Waals surface area contributed by atoms with Crippen LogP contribution >= 0.6 is 0 Å². The first-order chi connectivity index (χ1) is 7.27. The van der Waals surface area contributed by atoms with E-state index >= 15 is 0 Å². The van der Waals surface area contributed by atoms with Crippen LogP contribution in [-0.2, 0) is 12.8 Å². The fraction of sp³-hybridized carbons (Fsp3) is 0.538. The Bertz CT molecular complexity index is 369. The van der Waals surface area contributed by atoms with E-state index in [1.165, 1.54) is 29.5 Å². The lowest BCUT2D eigenvalue weighted by Gasteiger charge is -2.22. The summed E-state index contributed by atoms with van der Waals surface area (Å²) in [6, 6.07) is 2.09. The van der Waals surface area contributed by atoms with Gasteiger partial charge in [0.2, 0.25) is 0 Å². The summed E-state index contributed by atoms with van der Waals surface area (Å²) >= 11 is 0. The molecule has 0 fully saturated rings. The highest BCUT2D eigenvalue weighted by Gasteiger charge is 2.20. The topological polar surface area (TPSA) is 18.5 Å². The van der Waals surface area contributed by atoms with Gasteiger partial charge in [-0.3, -0.25) is 0 Å². The summed E-state index contributed by atoms with van der Waals surface area (Å²) < 4.78 is 10.9. The standard InChI is InChI=1S/C13H18O2/c1-9-8-12(14-2)10-6-4-5-7-11(10)13(9)15-3/h8H,4-7H2,1-3H3. The number of ether oxygens (including phenoxy) is 2. The van der Waals surface area contributed by atoms with Gasteiger partial charge in [-0.05, 0) is 44.2 Å². The van der Waals surface area contributed by atoms with E-state index in [2.05, 4.69) is 13.0 Å². The number of fused-ring (bicyclic) bond motifs is 1. The van der Waals surface area contributed by atoms with Crippen molar-refractivity contribution in [1.82, 2.24) is 0 Å². The number of rotatable bonds is 2. The maximum atomic E-state index is 5.49. The molecule has 0 aromatic heterocycles. The first-order valence-electron chi connectivity index (χ1n) is 5.51. The number of hydrogen-bond donors (Lipinski definition) is 0. The summed E-state index contributed by atoms with van der Waals surface area (Å²) in [7, 11) is 3.50. The summed E-state index contributed by atoms with van der Waals surface area (Å²) in [4.78, 5) is 0. The first kappa shape index (κ1) is 10.3. The second-order valence-electron chi connectivity index (χ2n) is 4.09. The smallest absolute Gasteiger partial charge is 0.125 e. The highest BCUT2D eigenvalue weighted by molar-refractivity contribution is 5.54. The molecule has 0 spiro atoms. The lowest BCUT2D eigenvalue weighted by molar-refractivity contribution is 0.387. The summed E-state index contributed by atoms with van der Waals surface area (Å²) in [5.74, 6) is 2.09. The molecule has 1 aromatic carbocycles. The van der Waals surface area contributed by atoms with Gasteiger partial charge < -0.3 is 9.47 Å². The van der Waals surface area contributed by atoms with Crippen molar-refractivity contribution in [3.05, 3.63) is 22.8 Å². The van der Waals surface area contributed by atoms with Gasteiger partial charge in [0.15, 0.2) is 0 Å². The largest absolute Gasteiger partial charge is 0.496 e. The molecule has 2 nitrogen and oxygen atoms in total. The minimum absolute atomic E-state index is 1.03. The van der Waals surface area contributed by atoms with Crippen LogP contribution in [-0.4, -0.2) is 14.2 Å². The molecule has 0 heterocycles. The van der Waals surface area contributed by atoms with Gasteiger partial charge in [0.05, 0.1) is 14.2 Å². The molecule has 1 aromatic rings. The van der Waals surface area contributed by atoms with Crippen molar-refractivity contribution in [3.63, 3.8) is 0 Å². The van der Waals surface area contributed by atoms with E-state index in [4.69, 9.17) is 9.47 Å². The van der Waals surface area contributed by atoms with Crippen LogP contribution in [0.15, 0.2) is 6.07 Å². The zero-order valence-electron chi connectivity index (χ0n) is 9.72. The molecule has 0 saturated heterocycles. The third kappa shape index (κ3) is 1.69. The van der Waals surface area contributed by atoms with Crippen LogP contribution in [0.4, 0.5) is 0 Å². The quantitative estimate of drug-likeness (QED) is 0.740. The summed E-state index contributed by atoms with van der Waals surface area (Å²) in [6.07, 6.45) is 4.76. The zero-order valence-corrected chi connectivity index (χ0v) is 9.72. The third-order valence-electron chi connectivity index (χ3n) is 3.17. The van der Waals surface area contributed by atoms with E-state index in [1.54, 1.807) is 14.2 Å². The van der Waals surface area contributed by atoms with E-state index < -0.39 is 0 Å². The lowest BCUT2D eigenvalue weighted by Crippen LogP contribution is -2.08. The Morgan fingerprint density at radius 2 is 1.67 bits per heavy atom. The molecule has 82 valence electrons. The molecular weight excluding hydrogens is 188 g/mol. The zero-order chi connectivity index (χ0) is 10.8. The molecule has 0 N–H and O–H groups in total. The van der Waals surface area contributed by atoms with Crippen molar-refractivity contribution in [2.75, 3.05) is 14.2 Å². The molecule has 0 radical (unpaired) electrons. The van der Waals surface area contributed by atoms with E-state index in [9.17, 15) is 0 Å². The van der Waals surface area contributed by atoms with Crippen molar-refractivity contribution in [2.24, 2.45) is 0 Å². The van der Waals surface area contributed by atoms with Crippen molar-refractivity contribution < 1.29 is 9.47 Å². The third-order valence-corrected chi connectivity index (χ3v) is 3.17. The summed E-state index contributed by atoms with van der Waals surface area (Å²) in [6.45, 7) is 2.08. The molecule has 2 heteroatoms.